The van der Waals surface area contributed by atoms with Crippen molar-refractivity contribution in [1.29, 1.82) is 0 Å². The van der Waals surface area contributed by atoms with Crippen LogP contribution in [0.3, 0.4) is 0 Å². The van der Waals surface area contributed by atoms with Crippen molar-refractivity contribution in [3.8, 4) is 5.75 Å². The van der Waals surface area contributed by atoms with E-state index in [0.717, 1.165) is 11.3 Å². The van der Waals surface area contributed by atoms with Crippen LogP contribution in [0.15, 0.2) is 24.3 Å². The Morgan fingerprint density at radius 3 is 2.84 bits per heavy atom. The van der Waals surface area contributed by atoms with Gasteiger partial charge in [-0.15, -0.1) is 0 Å². The molecule has 0 unspecified atom stereocenters. The highest BCUT2D eigenvalue weighted by atomic mass is 16.7. The predicted molar refractivity (Wildman–Crippen MR) is 67.9 cm³/mol. The average molecular weight is 266 g/mol. The second-order valence-electron chi connectivity index (χ2n) is 4.64. The zero-order chi connectivity index (χ0) is 13.9. The topological polar surface area (TPSA) is 54.0 Å². The smallest absolute Gasteiger partial charge is 0.340 e. The summed E-state index contributed by atoms with van der Waals surface area (Å²) in [6.07, 6.45) is -0.190. The van der Waals surface area contributed by atoms with Crippen molar-refractivity contribution >= 4 is 5.97 Å². The van der Waals surface area contributed by atoms with Crippen LogP contribution in [0.2, 0.25) is 0 Å². The Kier molecular flexibility index (Phi) is 4.07. The molecule has 5 heteroatoms. The summed E-state index contributed by atoms with van der Waals surface area (Å²) in [6.45, 7) is 1.96. The van der Waals surface area contributed by atoms with Crippen molar-refractivity contribution in [1.82, 2.24) is 0 Å². The first-order valence-corrected chi connectivity index (χ1v) is 6.08. The standard InChI is InChI=1S/C14H18O5/c1-14(13(15)19-12(17-3)9-18-14)8-10-5-4-6-11(7-10)16-2/h4-7,12H,8-9H2,1-3H3/t12-,14-/m0/s1. The zero-order valence-corrected chi connectivity index (χ0v) is 11.3. The summed E-state index contributed by atoms with van der Waals surface area (Å²) in [4.78, 5) is 12.0. The first-order chi connectivity index (χ1) is 9.07. The third-order valence-electron chi connectivity index (χ3n) is 3.15. The van der Waals surface area contributed by atoms with Gasteiger partial charge in [-0.3, -0.25) is 0 Å². The van der Waals surface area contributed by atoms with E-state index in [9.17, 15) is 4.79 Å². The van der Waals surface area contributed by atoms with Crippen LogP contribution >= 0.6 is 0 Å². The number of cyclic esters (lactones) is 1. The molecule has 1 heterocycles. The lowest BCUT2D eigenvalue weighted by Crippen LogP contribution is -2.50. The average Bonchev–Trinajstić information content (AvgIpc) is 2.42. The maximum atomic E-state index is 12.0. The molecule has 0 aromatic heterocycles. The third kappa shape index (κ3) is 3.05. The second kappa shape index (κ2) is 5.59. The molecule has 1 aromatic carbocycles. The Labute approximate surface area is 112 Å². The highest BCUT2D eigenvalue weighted by molar-refractivity contribution is 5.80. The van der Waals surface area contributed by atoms with E-state index in [0.29, 0.717) is 6.42 Å². The fraction of sp³-hybridized carbons (Fsp3) is 0.500. The largest absolute Gasteiger partial charge is 0.497 e. The molecule has 1 saturated heterocycles. The summed E-state index contributed by atoms with van der Waals surface area (Å²) >= 11 is 0. The molecule has 104 valence electrons. The van der Waals surface area contributed by atoms with Crippen molar-refractivity contribution in [2.24, 2.45) is 0 Å². The molecule has 0 N–H and O–H groups in total. The van der Waals surface area contributed by atoms with Gasteiger partial charge in [0.05, 0.1) is 7.11 Å². The van der Waals surface area contributed by atoms with Crippen molar-refractivity contribution in [2.75, 3.05) is 20.8 Å². The van der Waals surface area contributed by atoms with E-state index in [4.69, 9.17) is 18.9 Å². The van der Waals surface area contributed by atoms with E-state index in [1.54, 1.807) is 14.0 Å². The molecule has 0 aliphatic carbocycles. The van der Waals surface area contributed by atoms with Crippen LogP contribution in [0.25, 0.3) is 0 Å². The van der Waals surface area contributed by atoms with Gasteiger partial charge in [0.25, 0.3) is 0 Å². The summed E-state index contributed by atoms with van der Waals surface area (Å²) in [5.74, 6) is 0.341. The van der Waals surface area contributed by atoms with Crippen LogP contribution in [0, 0.1) is 0 Å². The molecule has 0 amide bonds. The maximum absolute atomic E-state index is 12.0. The highest BCUT2D eigenvalue weighted by Crippen LogP contribution is 2.26. The molecule has 1 aliphatic rings. The van der Waals surface area contributed by atoms with Crippen molar-refractivity contribution in [3.63, 3.8) is 0 Å². The van der Waals surface area contributed by atoms with E-state index in [-0.39, 0.29) is 6.61 Å². The number of carbonyl (C=O) groups excluding carboxylic acids is 1. The minimum atomic E-state index is -0.985. The summed E-state index contributed by atoms with van der Waals surface area (Å²) < 4.78 is 20.9. The van der Waals surface area contributed by atoms with E-state index in [1.165, 1.54) is 7.11 Å². The van der Waals surface area contributed by atoms with Crippen LogP contribution in [-0.4, -0.2) is 38.7 Å². The first kappa shape index (κ1) is 13.8. The molecule has 5 nitrogen and oxygen atoms in total. The molecule has 2 rings (SSSR count). The van der Waals surface area contributed by atoms with E-state index >= 15 is 0 Å². The Bertz CT molecular complexity index is 459. The predicted octanol–water partition coefficient (Wildman–Crippen LogP) is 1.54. The van der Waals surface area contributed by atoms with Gasteiger partial charge in [0.1, 0.15) is 12.4 Å². The molecular formula is C14H18O5. The SMILES string of the molecule is COc1cccc(C[C@]2(C)OC[C@@H](OC)OC2=O)c1. The van der Waals surface area contributed by atoms with Gasteiger partial charge < -0.3 is 18.9 Å². The van der Waals surface area contributed by atoms with Crippen molar-refractivity contribution in [2.45, 2.75) is 25.2 Å². The number of hydrogen-bond acceptors (Lipinski definition) is 5. The summed E-state index contributed by atoms with van der Waals surface area (Å²) in [7, 11) is 3.08. The lowest BCUT2D eigenvalue weighted by molar-refractivity contribution is -0.241. The Hall–Kier alpha value is -1.59. The van der Waals surface area contributed by atoms with Gasteiger partial charge in [-0.1, -0.05) is 12.1 Å². The first-order valence-electron chi connectivity index (χ1n) is 6.08. The van der Waals surface area contributed by atoms with Gasteiger partial charge >= 0.3 is 5.97 Å². The van der Waals surface area contributed by atoms with Gasteiger partial charge in [-0.25, -0.2) is 4.79 Å². The van der Waals surface area contributed by atoms with Crippen LogP contribution < -0.4 is 4.74 Å². The maximum Gasteiger partial charge on any atom is 0.340 e. The minimum absolute atomic E-state index is 0.239. The summed E-state index contributed by atoms with van der Waals surface area (Å²) in [6, 6.07) is 7.54. The third-order valence-corrected chi connectivity index (χ3v) is 3.15. The Morgan fingerprint density at radius 1 is 1.42 bits per heavy atom. The van der Waals surface area contributed by atoms with Gasteiger partial charge in [-0.2, -0.15) is 0 Å². The molecule has 0 radical (unpaired) electrons. The number of carbonyl (C=O) groups is 1. The van der Waals surface area contributed by atoms with Gasteiger partial charge in [-0.05, 0) is 24.6 Å². The van der Waals surface area contributed by atoms with Crippen molar-refractivity contribution in [3.05, 3.63) is 29.8 Å². The second-order valence-corrected chi connectivity index (χ2v) is 4.64. The molecule has 1 aromatic rings. The summed E-state index contributed by atoms with van der Waals surface area (Å²) in [5.41, 5.74) is -0.0313. The minimum Gasteiger partial charge on any atom is -0.497 e. The van der Waals surface area contributed by atoms with Crippen molar-refractivity contribution < 1.29 is 23.7 Å². The number of methoxy groups -OCH3 is 2. The number of hydrogen-bond donors (Lipinski definition) is 0. The van der Waals surface area contributed by atoms with Gasteiger partial charge in [0.2, 0.25) is 6.29 Å². The van der Waals surface area contributed by atoms with Crippen LogP contribution in [0.1, 0.15) is 12.5 Å². The monoisotopic (exact) mass is 266 g/mol. The molecule has 2 atom stereocenters. The number of benzene rings is 1. The molecule has 1 fully saturated rings. The molecule has 19 heavy (non-hydrogen) atoms. The van der Waals surface area contributed by atoms with Gasteiger partial charge in [0.15, 0.2) is 5.60 Å². The number of esters is 1. The normalized spacial score (nSPS) is 26.9. The van der Waals surface area contributed by atoms with E-state index < -0.39 is 17.9 Å². The zero-order valence-electron chi connectivity index (χ0n) is 11.3. The van der Waals surface area contributed by atoms with Crippen LogP contribution in [-0.2, 0) is 25.4 Å². The van der Waals surface area contributed by atoms with Crippen LogP contribution in [0.5, 0.6) is 5.75 Å². The molecular weight excluding hydrogens is 248 g/mol. The Morgan fingerprint density at radius 2 is 2.21 bits per heavy atom. The molecule has 0 spiro atoms. The lowest BCUT2D eigenvalue weighted by atomic mass is 9.95. The van der Waals surface area contributed by atoms with E-state index in [1.807, 2.05) is 24.3 Å². The molecule has 1 aliphatic heterocycles. The number of ether oxygens (including phenoxy) is 4. The number of rotatable bonds is 4. The van der Waals surface area contributed by atoms with Gasteiger partial charge in [0, 0.05) is 13.5 Å². The van der Waals surface area contributed by atoms with E-state index in [2.05, 4.69) is 0 Å². The molecule has 0 bridgehead atoms. The lowest BCUT2D eigenvalue weighted by Gasteiger charge is -2.35. The highest BCUT2D eigenvalue weighted by Gasteiger charge is 2.42. The summed E-state index contributed by atoms with van der Waals surface area (Å²) in [5, 5.41) is 0. The fourth-order valence-electron chi connectivity index (χ4n) is 2.00. The quantitative estimate of drug-likeness (QED) is 0.774. The molecule has 0 saturated carbocycles. The van der Waals surface area contributed by atoms with Crippen LogP contribution in [0.4, 0.5) is 0 Å². The fourth-order valence-corrected chi connectivity index (χ4v) is 2.00. The Balaban J connectivity index is 2.10.